The first-order valence-electron chi connectivity index (χ1n) is 6.85. The Labute approximate surface area is 120 Å². The van der Waals surface area contributed by atoms with Crippen LogP contribution in [0.15, 0.2) is 73.3 Å². The van der Waals surface area contributed by atoms with E-state index in [0.29, 0.717) is 19.1 Å². The van der Waals surface area contributed by atoms with E-state index in [1.165, 1.54) is 0 Å². The molecule has 0 spiro atoms. The normalized spacial score (nSPS) is 10.2. The van der Waals surface area contributed by atoms with Crippen molar-refractivity contribution in [1.82, 2.24) is 0 Å². The standard InChI is InChI=1S/C18H20O2/c1-2-9-16(14-19-17-10-5-3-6-11-17)15-20-18-12-7-4-8-13-18/h2-8,10-13,16H,1,9,14-15H2. The van der Waals surface area contributed by atoms with Crippen molar-refractivity contribution in [2.75, 3.05) is 13.2 Å². The molecule has 2 aromatic rings. The summed E-state index contributed by atoms with van der Waals surface area (Å²) < 4.78 is 11.6. The molecule has 0 amide bonds. The second-order valence-electron chi connectivity index (χ2n) is 4.64. The average molecular weight is 268 g/mol. The fraction of sp³-hybridized carbons (Fsp3) is 0.222. The molecule has 0 unspecified atom stereocenters. The van der Waals surface area contributed by atoms with Gasteiger partial charge in [0.2, 0.25) is 0 Å². The summed E-state index contributed by atoms with van der Waals surface area (Å²) in [4.78, 5) is 0. The second kappa shape index (κ2) is 8.05. The molecule has 0 aromatic heterocycles. The molecule has 0 saturated carbocycles. The van der Waals surface area contributed by atoms with Gasteiger partial charge in [0.05, 0.1) is 13.2 Å². The lowest BCUT2D eigenvalue weighted by Gasteiger charge is -2.17. The van der Waals surface area contributed by atoms with Crippen molar-refractivity contribution in [3.8, 4) is 11.5 Å². The van der Waals surface area contributed by atoms with E-state index in [0.717, 1.165) is 17.9 Å². The van der Waals surface area contributed by atoms with Crippen LogP contribution in [0.2, 0.25) is 0 Å². The van der Waals surface area contributed by atoms with Crippen LogP contribution in [-0.2, 0) is 0 Å². The highest BCUT2D eigenvalue weighted by atomic mass is 16.5. The van der Waals surface area contributed by atoms with Crippen molar-refractivity contribution in [1.29, 1.82) is 0 Å². The molecule has 0 aliphatic carbocycles. The van der Waals surface area contributed by atoms with E-state index in [2.05, 4.69) is 6.58 Å². The van der Waals surface area contributed by atoms with Crippen LogP contribution in [0, 0.1) is 5.92 Å². The number of para-hydroxylation sites is 2. The number of ether oxygens (including phenoxy) is 2. The first-order chi connectivity index (χ1) is 9.88. The minimum Gasteiger partial charge on any atom is -0.493 e. The van der Waals surface area contributed by atoms with Gasteiger partial charge in [0, 0.05) is 5.92 Å². The number of hydrogen-bond donors (Lipinski definition) is 0. The fourth-order valence-corrected chi connectivity index (χ4v) is 1.88. The third kappa shape index (κ3) is 4.81. The van der Waals surface area contributed by atoms with E-state index in [4.69, 9.17) is 9.47 Å². The summed E-state index contributed by atoms with van der Waals surface area (Å²) >= 11 is 0. The smallest absolute Gasteiger partial charge is 0.119 e. The van der Waals surface area contributed by atoms with Crippen LogP contribution in [0.1, 0.15) is 6.42 Å². The number of benzene rings is 2. The molecular weight excluding hydrogens is 248 g/mol. The van der Waals surface area contributed by atoms with Gasteiger partial charge in [-0.25, -0.2) is 0 Å². The van der Waals surface area contributed by atoms with Crippen molar-refractivity contribution >= 4 is 0 Å². The molecular formula is C18H20O2. The maximum Gasteiger partial charge on any atom is 0.119 e. The van der Waals surface area contributed by atoms with Crippen molar-refractivity contribution in [3.63, 3.8) is 0 Å². The minimum atomic E-state index is 0.299. The maximum absolute atomic E-state index is 5.78. The van der Waals surface area contributed by atoms with Crippen molar-refractivity contribution in [2.45, 2.75) is 6.42 Å². The third-order valence-corrected chi connectivity index (χ3v) is 2.96. The molecule has 0 aliphatic rings. The van der Waals surface area contributed by atoms with Crippen molar-refractivity contribution < 1.29 is 9.47 Å². The molecule has 2 aromatic carbocycles. The average Bonchev–Trinajstić information content (AvgIpc) is 2.52. The van der Waals surface area contributed by atoms with Crippen LogP contribution < -0.4 is 9.47 Å². The van der Waals surface area contributed by atoms with Crippen LogP contribution in [0.3, 0.4) is 0 Å². The lowest BCUT2D eigenvalue weighted by Crippen LogP contribution is -2.19. The number of rotatable bonds is 8. The van der Waals surface area contributed by atoms with Crippen molar-refractivity contribution in [3.05, 3.63) is 73.3 Å². The first-order valence-corrected chi connectivity index (χ1v) is 6.85. The Bertz CT molecular complexity index is 450. The molecule has 2 rings (SSSR count). The van der Waals surface area contributed by atoms with Crippen LogP contribution in [-0.4, -0.2) is 13.2 Å². The van der Waals surface area contributed by atoms with E-state index < -0.39 is 0 Å². The Morgan fingerprint density at radius 1 is 0.800 bits per heavy atom. The van der Waals surface area contributed by atoms with Crippen LogP contribution in [0.25, 0.3) is 0 Å². The van der Waals surface area contributed by atoms with Crippen LogP contribution >= 0.6 is 0 Å². The zero-order valence-corrected chi connectivity index (χ0v) is 11.6. The first kappa shape index (κ1) is 14.2. The molecule has 0 bridgehead atoms. The second-order valence-corrected chi connectivity index (χ2v) is 4.64. The Kier molecular flexibility index (Phi) is 5.71. The van der Waals surface area contributed by atoms with E-state index in [1.807, 2.05) is 66.7 Å². The molecule has 0 fully saturated rings. The fourth-order valence-electron chi connectivity index (χ4n) is 1.88. The highest BCUT2D eigenvalue weighted by Crippen LogP contribution is 2.15. The van der Waals surface area contributed by atoms with E-state index in [9.17, 15) is 0 Å². The van der Waals surface area contributed by atoms with Gasteiger partial charge in [0.1, 0.15) is 11.5 Å². The number of allylic oxidation sites excluding steroid dienone is 1. The Hall–Kier alpha value is -2.22. The van der Waals surface area contributed by atoms with Crippen molar-refractivity contribution in [2.24, 2.45) is 5.92 Å². The molecule has 0 saturated heterocycles. The van der Waals surface area contributed by atoms with Gasteiger partial charge in [-0.15, -0.1) is 6.58 Å². The molecule has 0 atom stereocenters. The third-order valence-electron chi connectivity index (χ3n) is 2.96. The molecule has 20 heavy (non-hydrogen) atoms. The van der Waals surface area contributed by atoms with Gasteiger partial charge in [-0.2, -0.15) is 0 Å². The van der Waals surface area contributed by atoms with Gasteiger partial charge in [0.25, 0.3) is 0 Å². The van der Waals surface area contributed by atoms with Gasteiger partial charge in [-0.1, -0.05) is 42.5 Å². The van der Waals surface area contributed by atoms with Gasteiger partial charge in [-0.3, -0.25) is 0 Å². The summed E-state index contributed by atoms with van der Waals surface area (Å²) in [7, 11) is 0. The summed E-state index contributed by atoms with van der Waals surface area (Å²) in [5.74, 6) is 2.08. The Morgan fingerprint density at radius 2 is 1.25 bits per heavy atom. The maximum atomic E-state index is 5.78. The predicted octanol–water partition coefficient (Wildman–Crippen LogP) is 4.34. The van der Waals surface area contributed by atoms with Gasteiger partial charge in [-0.05, 0) is 30.7 Å². The van der Waals surface area contributed by atoms with Gasteiger partial charge >= 0.3 is 0 Å². The molecule has 0 aliphatic heterocycles. The largest absolute Gasteiger partial charge is 0.493 e. The predicted molar refractivity (Wildman–Crippen MR) is 82.2 cm³/mol. The molecule has 2 heteroatoms. The summed E-state index contributed by atoms with van der Waals surface area (Å²) in [5, 5.41) is 0. The highest BCUT2D eigenvalue weighted by Gasteiger charge is 2.09. The summed E-state index contributed by atoms with van der Waals surface area (Å²) in [6.07, 6.45) is 2.78. The van der Waals surface area contributed by atoms with E-state index >= 15 is 0 Å². The molecule has 2 nitrogen and oxygen atoms in total. The summed E-state index contributed by atoms with van der Waals surface area (Å²) in [6, 6.07) is 19.7. The lowest BCUT2D eigenvalue weighted by molar-refractivity contribution is 0.178. The van der Waals surface area contributed by atoms with Gasteiger partial charge < -0.3 is 9.47 Å². The Morgan fingerprint density at radius 3 is 1.65 bits per heavy atom. The Balaban J connectivity index is 1.82. The highest BCUT2D eigenvalue weighted by molar-refractivity contribution is 5.21. The van der Waals surface area contributed by atoms with Crippen LogP contribution in [0.5, 0.6) is 11.5 Å². The van der Waals surface area contributed by atoms with Gasteiger partial charge in [0.15, 0.2) is 0 Å². The van der Waals surface area contributed by atoms with E-state index in [1.54, 1.807) is 0 Å². The lowest BCUT2D eigenvalue weighted by atomic mass is 10.1. The van der Waals surface area contributed by atoms with Crippen LogP contribution in [0.4, 0.5) is 0 Å². The zero-order valence-electron chi connectivity index (χ0n) is 11.6. The minimum absolute atomic E-state index is 0.299. The monoisotopic (exact) mass is 268 g/mol. The van der Waals surface area contributed by atoms with E-state index in [-0.39, 0.29) is 0 Å². The summed E-state index contributed by atoms with van der Waals surface area (Å²) in [5.41, 5.74) is 0. The molecule has 0 heterocycles. The summed E-state index contributed by atoms with van der Waals surface area (Å²) in [6.45, 7) is 5.06. The molecule has 0 radical (unpaired) electrons. The number of hydrogen-bond acceptors (Lipinski definition) is 2. The quantitative estimate of drug-likeness (QED) is 0.663. The SMILES string of the molecule is C=CCC(COc1ccccc1)COc1ccccc1. The topological polar surface area (TPSA) is 18.5 Å². The molecule has 0 N–H and O–H groups in total. The molecule has 104 valence electrons. The zero-order chi connectivity index (χ0) is 14.0.